The van der Waals surface area contributed by atoms with E-state index in [4.69, 9.17) is 56.0 Å². The maximum absolute atomic E-state index is 7.50. The number of hydrogen-bond acceptors (Lipinski definition) is 2. The second-order valence-electron chi connectivity index (χ2n) is 4.95. The molecule has 0 aromatic heterocycles. The van der Waals surface area contributed by atoms with Crippen molar-refractivity contribution in [2.24, 2.45) is 0 Å². The van der Waals surface area contributed by atoms with Crippen molar-refractivity contribution in [3.8, 4) is 0 Å². The van der Waals surface area contributed by atoms with Gasteiger partial charge in [0.2, 0.25) is 0 Å². The van der Waals surface area contributed by atoms with Crippen molar-refractivity contribution in [3.63, 3.8) is 0 Å². The van der Waals surface area contributed by atoms with Crippen molar-refractivity contribution in [2.75, 3.05) is 0 Å². The fourth-order valence-corrected chi connectivity index (χ4v) is 2.71. The summed E-state index contributed by atoms with van der Waals surface area (Å²) in [7, 11) is 0. The minimum absolute atomic E-state index is 0.0801. The second-order valence-corrected chi connectivity index (χ2v) is 6.11. The van der Waals surface area contributed by atoms with Gasteiger partial charge in [-0.15, -0.1) is 0 Å². The first-order valence-corrected chi connectivity index (χ1v) is 10.4. The number of hydrogen-bond donors (Lipinski definition) is 0. The van der Waals surface area contributed by atoms with E-state index in [1.54, 1.807) is 0 Å². The van der Waals surface area contributed by atoms with Gasteiger partial charge in [0, 0.05) is 0 Å². The summed E-state index contributed by atoms with van der Waals surface area (Å²) in [5.41, 5.74) is 2.08. The van der Waals surface area contributed by atoms with E-state index in [0.717, 1.165) is 20.3 Å². The molecule has 0 amide bonds. The van der Waals surface area contributed by atoms with Crippen LogP contribution in [0.2, 0.25) is 0 Å². The molecule has 0 aliphatic carbocycles. The average molecular weight is 650 g/mol. The Bertz CT molecular complexity index is 906. The van der Waals surface area contributed by atoms with Gasteiger partial charge in [0.1, 0.15) is 0 Å². The van der Waals surface area contributed by atoms with E-state index in [0.29, 0.717) is 0 Å². The predicted octanol–water partition coefficient (Wildman–Crippen LogP) is 2.87. The van der Waals surface area contributed by atoms with E-state index >= 15 is 0 Å². The molecule has 0 aliphatic rings. The molecule has 2 aromatic rings. The standard InChI is InChI=1S/C18H18O2.10CO.2Cr/c1-15(19-13-17-9-5-3-6-10-17)16(2)20-14-18-11-7-4-8-12-18;10*1-2;;/h3-12,15-16H,1-2H3;;;;;;;;;;;;/t15-,16-;;;;;;;;;;;;/m1............/s1. The summed E-state index contributed by atoms with van der Waals surface area (Å²) < 4.78 is 88.5. The summed E-state index contributed by atoms with van der Waals surface area (Å²) >= 11 is 5.98. The number of ether oxygens (including phenoxy) is 2. The molecule has 0 bridgehead atoms. The van der Waals surface area contributed by atoms with Crippen molar-refractivity contribution >= 4 is 9.13 Å². The normalized spacial score (nSPS) is 7.48. The summed E-state index contributed by atoms with van der Waals surface area (Å²) in [6.45, 7) is 49.0. The van der Waals surface area contributed by atoms with Gasteiger partial charge in [-0.05, 0) is 0 Å². The van der Waals surface area contributed by atoms with Gasteiger partial charge >= 0.3 is 261 Å². The molecule has 12 nitrogen and oxygen atoms in total. The molecule has 42 heavy (non-hydrogen) atoms. The van der Waals surface area contributed by atoms with Crippen LogP contribution in [0.1, 0.15) is 25.0 Å². The quantitative estimate of drug-likeness (QED) is 0.326. The van der Waals surface area contributed by atoms with E-state index in [2.05, 4.69) is 98.2 Å². The minimum atomic E-state index is -0.0801. The number of rotatable bonds is 7. The van der Waals surface area contributed by atoms with E-state index in [9.17, 15) is 0 Å². The molecule has 0 N–H and O–H groups in total. The Morgan fingerprint density at radius 1 is 0.429 bits per heavy atom. The van der Waals surface area contributed by atoms with E-state index in [-0.39, 0.29) is 12.2 Å². The molecule has 0 saturated carbocycles. The first kappa shape index (κ1) is 62.3. The fraction of sp³-hybridized carbons (Fsp3) is 0.143. The van der Waals surface area contributed by atoms with E-state index in [1.165, 1.54) is 0 Å². The third kappa shape index (κ3) is 43.6. The Morgan fingerprint density at radius 2 is 0.595 bits per heavy atom. The predicted molar refractivity (Wildman–Crippen MR) is 121 cm³/mol. The number of benzene rings is 2. The molecule has 0 aliphatic heterocycles. The molecule has 0 fully saturated rings. The van der Waals surface area contributed by atoms with Crippen LogP contribution in [-0.2, 0) is 87.7 Å². The van der Waals surface area contributed by atoms with E-state index < -0.39 is 0 Å². The van der Waals surface area contributed by atoms with Gasteiger partial charge in [-0.3, -0.25) is 0 Å². The first-order chi connectivity index (χ1) is 20.6. The molecule has 2 rings (SSSR count). The fourth-order valence-electron chi connectivity index (χ4n) is 1.81. The van der Waals surface area contributed by atoms with Gasteiger partial charge in [0.15, 0.2) is 0 Å². The van der Waals surface area contributed by atoms with Crippen molar-refractivity contribution in [2.45, 2.75) is 26.1 Å². The first-order valence-electron chi connectivity index (χ1n) is 9.14. The molecule has 0 heterocycles. The Hall–Kier alpha value is -3.44. The molecule has 0 radical (unpaired) electrons. The molecular formula is C28H18Cr2O12. The van der Waals surface area contributed by atoms with Crippen LogP contribution in [0.4, 0.5) is 0 Å². The Balaban J connectivity index is -0.0000000660. The average Bonchev–Trinajstić information content (AvgIpc) is 3.14. The van der Waals surface area contributed by atoms with Gasteiger partial charge in [-0.1, -0.05) is 0 Å². The van der Waals surface area contributed by atoms with Crippen LogP contribution in [0.25, 0.3) is 0 Å². The van der Waals surface area contributed by atoms with Gasteiger partial charge in [0.05, 0.1) is 0 Å². The molecule has 2 aromatic carbocycles. The van der Waals surface area contributed by atoms with Crippen LogP contribution in [0.15, 0.2) is 60.7 Å². The molecule has 14 heteroatoms. The zero-order chi connectivity index (χ0) is 35.9. The monoisotopic (exact) mass is 650 g/mol. The van der Waals surface area contributed by atoms with E-state index in [1.807, 2.05) is 74.5 Å². The summed E-state index contributed by atoms with van der Waals surface area (Å²) in [6, 6.07) is 20.0. The zero-order valence-corrected chi connectivity index (χ0v) is 24.2. The molecular weight excluding hydrogens is 632 g/mol. The third-order valence-corrected chi connectivity index (χ3v) is 4.30. The van der Waals surface area contributed by atoms with Crippen LogP contribution in [-0.4, -0.2) is 21.3 Å². The second kappa shape index (κ2) is 71.2. The van der Waals surface area contributed by atoms with Crippen LogP contribution in [0.3, 0.4) is 0 Å². The van der Waals surface area contributed by atoms with Gasteiger partial charge in [0.25, 0.3) is 0 Å². The van der Waals surface area contributed by atoms with Crippen molar-refractivity contribution in [1.29, 1.82) is 0 Å². The summed E-state index contributed by atoms with van der Waals surface area (Å²) in [4.78, 5) is 0. The van der Waals surface area contributed by atoms with Crippen molar-refractivity contribution < 1.29 is 87.7 Å². The van der Waals surface area contributed by atoms with Gasteiger partial charge in [-0.25, -0.2) is 0 Å². The Labute approximate surface area is 260 Å². The van der Waals surface area contributed by atoms with Crippen molar-refractivity contribution in [1.82, 2.24) is 0 Å². The molecule has 0 spiro atoms. The summed E-state index contributed by atoms with van der Waals surface area (Å²) in [6.07, 6.45) is -0.160. The Morgan fingerprint density at radius 3 is 0.762 bits per heavy atom. The van der Waals surface area contributed by atoms with Crippen LogP contribution in [0, 0.1) is 66.5 Å². The molecule has 2 atom stereocenters. The van der Waals surface area contributed by atoms with Gasteiger partial charge < -0.3 is 0 Å². The third-order valence-electron chi connectivity index (χ3n) is 3.27. The Kier molecular flexibility index (Phi) is 105. The molecule has 214 valence electrons. The zero-order valence-electron chi connectivity index (χ0n) is 21.6. The van der Waals surface area contributed by atoms with Gasteiger partial charge in [-0.2, -0.15) is 0 Å². The summed E-state index contributed by atoms with van der Waals surface area (Å²) in [5.74, 6) is 0. The topological polar surface area (TPSA) is 217 Å². The molecule has 0 unspecified atom stereocenters. The van der Waals surface area contributed by atoms with Crippen LogP contribution >= 0.6 is 0 Å². The SMILES string of the molecule is C[C@@H](O[C](=[Cr])c1ccccc1)[C@@H](C)O[C](=[Cr])c1ccccc1.[C-]#[O+].[C-]#[O+].[C-]#[O+].[C-]#[O+].[C-]#[O+].[C-]#[O+].[C-]#[O+].[C-]#[O+].[C-]#[O+].[C-]#[O+]. The summed E-state index contributed by atoms with van der Waals surface area (Å²) in [5, 5.41) is 0. The van der Waals surface area contributed by atoms with Crippen LogP contribution < -0.4 is 0 Å². The molecule has 0 saturated heterocycles. The van der Waals surface area contributed by atoms with Crippen molar-refractivity contribution in [3.05, 3.63) is 138 Å². The maximum atomic E-state index is 7.50. The van der Waals surface area contributed by atoms with Crippen LogP contribution in [0.5, 0.6) is 0 Å².